The number of hydrogen-bond donors (Lipinski definition) is 2. The van der Waals surface area contributed by atoms with Crippen molar-refractivity contribution >= 4 is 16.9 Å². The number of halogens is 1. The maximum absolute atomic E-state index is 14.6. The summed E-state index contributed by atoms with van der Waals surface area (Å²) in [6.45, 7) is 0.423. The molecule has 0 amide bonds. The van der Waals surface area contributed by atoms with Gasteiger partial charge in [-0.2, -0.15) is 4.39 Å². The maximum Gasteiger partial charge on any atom is 0.218 e. The van der Waals surface area contributed by atoms with Gasteiger partial charge in [-0.1, -0.05) is 6.07 Å². The van der Waals surface area contributed by atoms with Gasteiger partial charge in [0.2, 0.25) is 5.95 Å². The van der Waals surface area contributed by atoms with Crippen LogP contribution in [0.25, 0.3) is 11.0 Å². The summed E-state index contributed by atoms with van der Waals surface area (Å²) >= 11 is 0. The first-order valence-electron chi connectivity index (χ1n) is 9.04. The van der Waals surface area contributed by atoms with Crippen molar-refractivity contribution in [2.75, 3.05) is 19.5 Å². The highest BCUT2D eigenvalue weighted by molar-refractivity contribution is 5.78. The van der Waals surface area contributed by atoms with E-state index in [1.807, 2.05) is 24.4 Å². The van der Waals surface area contributed by atoms with Crippen molar-refractivity contribution in [3.8, 4) is 11.5 Å². The van der Waals surface area contributed by atoms with E-state index in [2.05, 4.69) is 25.3 Å². The van der Waals surface area contributed by atoms with Crippen molar-refractivity contribution in [3.63, 3.8) is 0 Å². The third-order valence-corrected chi connectivity index (χ3v) is 4.70. The van der Waals surface area contributed by atoms with E-state index in [-0.39, 0.29) is 0 Å². The van der Waals surface area contributed by atoms with Gasteiger partial charge >= 0.3 is 0 Å². The molecule has 0 saturated carbocycles. The molecule has 0 bridgehead atoms. The van der Waals surface area contributed by atoms with Crippen molar-refractivity contribution in [2.45, 2.75) is 13.0 Å². The standard InChI is InChI=1S/C21H20FN5O2/c1-28-16-4-5-18(29-2)15(8-16)10-24-19-6-3-13(20(22)27-19)7-14-9-25-21-17(14)11-23-12-26-21/h3-6,8-9,11-12H,7,10H2,1-2H3,(H,24,27)(H,23,25,26). The van der Waals surface area contributed by atoms with Crippen molar-refractivity contribution < 1.29 is 13.9 Å². The average molecular weight is 393 g/mol. The van der Waals surface area contributed by atoms with E-state index in [4.69, 9.17) is 9.47 Å². The Hall–Kier alpha value is -3.68. The molecule has 0 aliphatic carbocycles. The van der Waals surface area contributed by atoms with Crippen LogP contribution in [-0.4, -0.2) is 34.2 Å². The molecule has 7 nitrogen and oxygen atoms in total. The molecular weight excluding hydrogens is 373 g/mol. The molecule has 148 valence electrons. The number of ether oxygens (including phenoxy) is 2. The highest BCUT2D eigenvalue weighted by Crippen LogP contribution is 2.25. The Labute approximate surface area is 166 Å². The van der Waals surface area contributed by atoms with Crippen LogP contribution in [-0.2, 0) is 13.0 Å². The second kappa shape index (κ2) is 8.14. The van der Waals surface area contributed by atoms with Crippen LogP contribution in [0.15, 0.2) is 49.1 Å². The number of pyridine rings is 1. The van der Waals surface area contributed by atoms with E-state index in [0.717, 1.165) is 33.7 Å². The highest BCUT2D eigenvalue weighted by atomic mass is 19.1. The summed E-state index contributed by atoms with van der Waals surface area (Å²) in [6.07, 6.45) is 5.41. The number of rotatable bonds is 7. The lowest BCUT2D eigenvalue weighted by atomic mass is 10.1. The zero-order valence-corrected chi connectivity index (χ0v) is 16.1. The summed E-state index contributed by atoms with van der Waals surface area (Å²) in [7, 11) is 3.21. The van der Waals surface area contributed by atoms with Gasteiger partial charge in [0.05, 0.1) is 14.2 Å². The number of aromatic nitrogens is 4. The fourth-order valence-corrected chi connectivity index (χ4v) is 3.16. The fourth-order valence-electron chi connectivity index (χ4n) is 3.16. The molecule has 0 spiro atoms. The zero-order chi connectivity index (χ0) is 20.2. The quantitative estimate of drug-likeness (QED) is 0.466. The molecule has 0 fully saturated rings. The first kappa shape index (κ1) is 18.7. The van der Waals surface area contributed by atoms with Crippen LogP contribution in [0, 0.1) is 5.95 Å². The lowest BCUT2D eigenvalue weighted by Gasteiger charge is -2.12. The minimum absolute atomic E-state index is 0.399. The van der Waals surface area contributed by atoms with Crippen LogP contribution in [0.1, 0.15) is 16.7 Å². The van der Waals surface area contributed by atoms with E-state index >= 15 is 0 Å². The van der Waals surface area contributed by atoms with Gasteiger partial charge in [-0.05, 0) is 29.8 Å². The fraction of sp³-hybridized carbons (Fsp3) is 0.190. The van der Waals surface area contributed by atoms with Gasteiger partial charge in [-0.15, -0.1) is 0 Å². The third-order valence-electron chi connectivity index (χ3n) is 4.70. The van der Waals surface area contributed by atoms with Crippen molar-refractivity contribution in [1.29, 1.82) is 0 Å². The van der Waals surface area contributed by atoms with Gasteiger partial charge < -0.3 is 19.8 Å². The Morgan fingerprint density at radius 1 is 1.07 bits per heavy atom. The Kier molecular flexibility index (Phi) is 5.24. The van der Waals surface area contributed by atoms with Gasteiger partial charge in [0.1, 0.15) is 29.3 Å². The van der Waals surface area contributed by atoms with Crippen molar-refractivity contribution in [2.24, 2.45) is 0 Å². The minimum Gasteiger partial charge on any atom is -0.497 e. The number of benzene rings is 1. The van der Waals surface area contributed by atoms with Crippen molar-refractivity contribution in [3.05, 3.63) is 71.7 Å². The Bertz CT molecular complexity index is 1150. The number of methoxy groups -OCH3 is 2. The Morgan fingerprint density at radius 3 is 2.76 bits per heavy atom. The molecule has 8 heteroatoms. The Morgan fingerprint density at radius 2 is 1.97 bits per heavy atom. The lowest BCUT2D eigenvalue weighted by Crippen LogP contribution is -2.05. The molecule has 0 atom stereocenters. The van der Waals surface area contributed by atoms with Crippen LogP contribution >= 0.6 is 0 Å². The predicted molar refractivity (Wildman–Crippen MR) is 108 cm³/mol. The number of anilines is 1. The first-order chi connectivity index (χ1) is 14.2. The molecule has 29 heavy (non-hydrogen) atoms. The molecule has 0 radical (unpaired) electrons. The number of nitrogens with zero attached hydrogens (tertiary/aromatic N) is 3. The van der Waals surface area contributed by atoms with Crippen LogP contribution in [0.5, 0.6) is 11.5 Å². The maximum atomic E-state index is 14.6. The molecule has 4 aromatic rings. The molecule has 2 N–H and O–H groups in total. The summed E-state index contributed by atoms with van der Waals surface area (Å²) in [4.78, 5) is 15.3. The number of nitrogens with one attached hydrogen (secondary N) is 2. The number of aromatic amines is 1. The normalized spacial score (nSPS) is 10.9. The van der Waals surface area contributed by atoms with Crippen molar-refractivity contribution in [1.82, 2.24) is 19.9 Å². The van der Waals surface area contributed by atoms with Gasteiger partial charge in [-0.3, -0.25) is 0 Å². The molecule has 0 aliphatic heterocycles. The lowest BCUT2D eigenvalue weighted by molar-refractivity contribution is 0.399. The number of hydrogen-bond acceptors (Lipinski definition) is 6. The predicted octanol–water partition coefficient (Wildman–Crippen LogP) is 3.71. The molecule has 3 heterocycles. The molecule has 4 rings (SSSR count). The summed E-state index contributed by atoms with van der Waals surface area (Å²) in [5.41, 5.74) is 3.04. The van der Waals surface area contributed by atoms with Crippen LogP contribution in [0.2, 0.25) is 0 Å². The van der Waals surface area contributed by atoms with Crippen LogP contribution < -0.4 is 14.8 Å². The molecular formula is C21H20FN5O2. The van der Waals surface area contributed by atoms with Crippen LogP contribution in [0.3, 0.4) is 0 Å². The van der Waals surface area contributed by atoms with E-state index < -0.39 is 5.95 Å². The van der Waals surface area contributed by atoms with E-state index in [9.17, 15) is 4.39 Å². The smallest absolute Gasteiger partial charge is 0.218 e. The third kappa shape index (κ3) is 3.96. The topological polar surface area (TPSA) is 85.0 Å². The van der Waals surface area contributed by atoms with Gasteiger partial charge in [0.15, 0.2) is 0 Å². The summed E-state index contributed by atoms with van der Waals surface area (Å²) in [5, 5.41) is 4.00. The molecule has 0 saturated heterocycles. The summed E-state index contributed by atoms with van der Waals surface area (Å²) in [5.74, 6) is 1.37. The summed E-state index contributed by atoms with van der Waals surface area (Å²) < 4.78 is 25.2. The van der Waals surface area contributed by atoms with E-state index in [1.165, 1.54) is 6.33 Å². The summed E-state index contributed by atoms with van der Waals surface area (Å²) in [6, 6.07) is 9.02. The molecule has 0 aliphatic rings. The largest absolute Gasteiger partial charge is 0.497 e. The second-order valence-electron chi connectivity index (χ2n) is 6.45. The van der Waals surface area contributed by atoms with Gasteiger partial charge in [-0.25, -0.2) is 15.0 Å². The number of H-pyrrole nitrogens is 1. The minimum atomic E-state index is -0.515. The highest BCUT2D eigenvalue weighted by Gasteiger charge is 2.11. The Balaban J connectivity index is 1.49. The monoisotopic (exact) mass is 393 g/mol. The van der Waals surface area contributed by atoms with E-state index in [0.29, 0.717) is 24.3 Å². The van der Waals surface area contributed by atoms with Crippen LogP contribution in [0.4, 0.5) is 10.2 Å². The molecule has 3 aromatic heterocycles. The van der Waals surface area contributed by atoms with E-state index in [1.54, 1.807) is 32.5 Å². The molecule has 1 aromatic carbocycles. The van der Waals surface area contributed by atoms with Gasteiger partial charge in [0, 0.05) is 41.9 Å². The van der Waals surface area contributed by atoms with Gasteiger partial charge in [0.25, 0.3) is 0 Å². The SMILES string of the molecule is COc1ccc(OC)c(CNc2ccc(Cc3c[nH]c4ncncc34)c(F)n2)c1. The zero-order valence-electron chi connectivity index (χ0n) is 16.1. The molecule has 0 unspecified atom stereocenters. The first-order valence-corrected chi connectivity index (χ1v) is 9.04. The average Bonchev–Trinajstić information content (AvgIpc) is 3.16. The number of fused-ring (bicyclic) bond motifs is 1. The second-order valence-corrected chi connectivity index (χ2v) is 6.45.